The summed E-state index contributed by atoms with van der Waals surface area (Å²) < 4.78 is 0. The zero-order chi connectivity index (χ0) is 13.4. The molecule has 0 spiro atoms. The smallest absolute Gasteiger partial charge is 0.238 e. The molecule has 0 aromatic heterocycles. The molecule has 1 aromatic carbocycles. The number of rotatable bonds is 5. The van der Waals surface area contributed by atoms with Crippen molar-refractivity contribution >= 4 is 23.2 Å². The number of hydrogen-bond acceptors (Lipinski definition) is 3. The molecule has 0 unspecified atom stereocenters. The van der Waals surface area contributed by atoms with Gasteiger partial charge in [0, 0.05) is 18.3 Å². The SMILES string of the molecule is C#CCNCC(=O)Nc1cccc(NC(C)=O)c1. The van der Waals surface area contributed by atoms with Gasteiger partial charge in [0.25, 0.3) is 0 Å². The summed E-state index contributed by atoms with van der Waals surface area (Å²) in [6.07, 6.45) is 5.05. The molecular formula is C13H15N3O2. The molecule has 5 heteroatoms. The number of amides is 2. The molecular weight excluding hydrogens is 230 g/mol. The maximum Gasteiger partial charge on any atom is 0.238 e. The fraction of sp³-hybridized carbons (Fsp3) is 0.231. The minimum atomic E-state index is -0.190. The molecule has 5 nitrogen and oxygen atoms in total. The Bertz CT molecular complexity index is 477. The van der Waals surface area contributed by atoms with Crippen molar-refractivity contribution in [2.24, 2.45) is 0 Å². The van der Waals surface area contributed by atoms with E-state index in [0.717, 1.165) is 0 Å². The van der Waals surface area contributed by atoms with Crippen molar-refractivity contribution in [1.29, 1.82) is 0 Å². The highest BCUT2D eigenvalue weighted by atomic mass is 16.2. The van der Waals surface area contributed by atoms with E-state index in [4.69, 9.17) is 6.42 Å². The highest BCUT2D eigenvalue weighted by Gasteiger charge is 2.02. The van der Waals surface area contributed by atoms with E-state index in [2.05, 4.69) is 21.9 Å². The molecule has 94 valence electrons. The van der Waals surface area contributed by atoms with Crippen molar-refractivity contribution in [3.05, 3.63) is 24.3 Å². The van der Waals surface area contributed by atoms with Gasteiger partial charge in [-0.2, -0.15) is 0 Å². The van der Waals surface area contributed by atoms with Gasteiger partial charge in [0.15, 0.2) is 0 Å². The highest BCUT2D eigenvalue weighted by Crippen LogP contribution is 2.14. The number of terminal acetylenes is 1. The third kappa shape index (κ3) is 5.14. The Kier molecular flexibility index (Phi) is 5.42. The van der Waals surface area contributed by atoms with Gasteiger partial charge in [-0.15, -0.1) is 6.42 Å². The van der Waals surface area contributed by atoms with Gasteiger partial charge >= 0.3 is 0 Å². The summed E-state index contributed by atoms with van der Waals surface area (Å²) in [5, 5.41) is 8.12. The molecule has 0 saturated carbocycles. The molecule has 0 aliphatic carbocycles. The summed E-state index contributed by atoms with van der Waals surface area (Å²) in [6.45, 7) is 1.92. The summed E-state index contributed by atoms with van der Waals surface area (Å²) in [4.78, 5) is 22.4. The summed E-state index contributed by atoms with van der Waals surface area (Å²) >= 11 is 0. The van der Waals surface area contributed by atoms with Crippen LogP contribution in [-0.2, 0) is 9.59 Å². The largest absolute Gasteiger partial charge is 0.326 e. The lowest BCUT2D eigenvalue weighted by molar-refractivity contribution is -0.115. The normalized spacial score (nSPS) is 9.33. The highest BCUT2D eigenvalue weighted by molar-refractivity contribution is 5.94. The van der Waals surface area contributed by atoms with Crippen LogP contribution in [0.3, 0.4) is 0 Å². The average Bonchev–Trinajstić information content (AvgIpc) is 2.28. The lowest BCUT2D eigenvalue weighted by atomic mass is 10.2. The van der Waals surface area contributed by atoms with Crippen molar-refractivity contribution < 1.29 is 9.59 Å². The van der Waals surface area contributed by atoms with Gasteiger partial charge in [0.05, 0.1) is 13.1 Å². The average molecular weight is 245 g/mol. The molecule has 3 N–H and O–H groups in total. The Labute approximate surface area is 106 Å². The fourth-order valence-corrected chi connectivity index (χ4v) is 1.33. The third-order valence-electron chi connectivity index (χ3n) is 1.98. The number of carbonyl (C=O) groups is 2. The molecule has 0 saturated heterocycles. The maximum atomic E-state index is 11.5. The van der Waals surface area contributed by atoms with E-state index in [-0.39, 0.29) is 18.4 Å². The van der Waals surface area contributed by atoms with E-state index in [0.29, 0.717) is 17.9 Å². The first-order valence-electron chi connectivity index (χ1n) is 5.43. The van der Waals surface area contributed by atoms with Crippen LogP contribution >= 0.6 is 0 Å². The quantitative estimate of drug-likeness (QED) is 0.531. The lowest BCUT2D eigenvalue weighted by Gasteiger charge is -2.07. The summed E-state index contributed by atoms with van der Waals surface area (Å²) in [5.41, 5.74) is 1.26. The second-order valence-electron chi connectivity index (χ2n) is 3.62. The topological polar surface area (TPSA) is 70.2 Å². The van der Waals surface area contributed by atoms with E-state index in [9.17, 15) is 9.59 Å². The fourth-order valence-electron chi connectivity index (χ4n) is 1.33. The Morgan fingerprint density at radius 1 is 1.28 bits per heavy atom. The number of anilines is 2. The van der Waals surface area contributed by atoms with Crippen LogP contribution in [0, 0.1) is 12.3 Å². The van der Waals surface area contributed by atoms with Crippen LogP contribution in [0.15, 0.2) is 24.3 Å². The third-order valence-corrected chi connectivity index (χ3v) is 1.98. The number of hydrogen-bond donors (Lipinski definition) is 3. The van der Waals surface area contributed by atoms with Crippen molar-refractivity contribution in [2.75, 3.05) is 23.7 Å². The molecule has 0 heterocycles. The van der Waals surface area contributed by atoms with E-state index in [1.54, 1.807) is 24.3 Å². The predicted molar refractivity (Wildman–Crippen MR) is 71.1 cm³/mol. The Balaban J connectivity index is 2.54. The first-order valence-corrected chi connectivity index (χ1v) is 5.43. The first-order chi connectivity index (χ1) is 8.61. The van der Waals surface area contributed by atoms with E-state index >= 15 is 0 Å². The van der Waals surface area contributed by atoms with Gasteiger partial charge in [-0.3, -0.25) is 14.9 Å². The van der Waals surface area contributed by atoms with E-state index < -0.39 is 0 Å². The summed E-state index contributed by atoms with van der Waals surface area (Å²) in [5.74, 6) is 2.03. The predicted octanol–water partition coefficient (Wildman–Crippen LogP) is 0.806. The Morgan fingerprint density at radius 2 is 1.94 bits per heavy atom. The number of benzene rings is 1. The van der Waals surface area contributed by atoms with Crippen molar-refractivity contribution in [1.82, 2.24) is 5.32 Å². The maximum absolute atomic E-state index is 11.5. The molecule has 0 radical (unpaired) electrons. The summed E-state index contributed by atoms with van der Waals surface area (Å²) in [6, 6.07) is 6.91. The first kappa shape index (κ1) is 13.7. The molecule has 0 aliphatic rings. The molecule has 0 fully saturated rings. The van der Waals surface area contributed by atoms with Crippen LogP contribution < -0.4 is 16.0 Å². The van der Waals surface area contributed by atoms with Crippen molar-refractivity contribution in [3.8, 4) is 12.3 Å². The molecule has 0 aliphatic heterocycles. The summed E-state index contributed by atoms with van der Waals surface area (Å²) in [7, 11) is 0. The Hall–Kier alpha value is -2.32. The van der Waals surface area contributed by atoms with Gasteiger partial charge in [-0.05, 0) is 18.2 Å². The van der Waals surface area contributed by atoms with Gasteiger partial charge in [0.2, 0.25) is 11.8 Å². The zero-order valence-electron chi connectivity index (χ0n) is 10.1. The van der Waals surface area contributed by atoms with Crippen LogP contribution in [-0.4, -0.2) is 24.9 Å². The van der Waals surface area contributed by atoms with Crippen LogP contribution in [0.5, 0.6) is 0 Å². The number of carbonyl (C=O) groups excluding carboxylic acids is 2. The van der Waals surface area contributed by atoms with Crippen molar-refractivity contribution in [2.45, 2.75) is 6.92 Å². The molecule has 0 bridgehead atoms. The van der Waals surface area contributed by atoms with E-state index in [1.165, 1.54) is 6.92 Å². The molecule has 1 aromatic rings. The van der Waals surface area contributed by atoms with Crippen LogP contribution in [0.2, 0.25) is 0 Å². The van der Waals surface area contributed by atoms with Gasteiger partial charge in [-0.25, -0.2) is 0 Å². The van der Waals surface area contributed by atoms with Crippen LogP contribution in [0.25, 0.3) is 0 Å². The second-order valence-corrected chi connectivity index (χ2v) is 3.62. The minimum Gasteiger partial charge on any atom is -0.326 e. The Morgan fingerprint density at radius 3 is 2.56 bits per heavy atom. The molecule has 18 heavy (non-hydrogen) atoms. The standard InChI is InChI=1S/C13H15N3O2/c1-3-7-14-9-13(18)16-12-6-4-5-11(8-12)15-10(2)17/h1,4-6,8,14H,7,9H2,2H3,(H,15,17)(H,16,18). The van der Waals surface area contributed by atoms with Crippen molar-refractivity contribution in [3.63, 3.8) is 0 Å². The number of nitrogens with one attached hydrogen (secondary N) is 3. The lowest BCUT2D eigenvalue weighted by Crippen LogP contribution is -2.28. The second kappa shape index (κ2) is 7.09. The molecule has 2 amide bonds. The minimum absolute atomic E-state index is 0.147. The van der Waals surface area contributed by atoms with Gasteiger partial charge < -0.3 is 10.6 Å². The zero-order valence-corrected chi connectivity index (χ0v) is 10.1. The molecule has 1 rings (SSSR count). The molecule has 0 atom stereocenters. The monoisotopic (exact) mass is 245 g/mol. The van der Waals surface area contributed by atoms with Gasteiger partial charge in [0.1, 0.15) is 0 Å². The van der Waals surface area contributed by atoms with E-state index in [1.807, 2.05) is 0 Å². The van der Waals surface area contributed by atoms with Crippen LogP contribution in [0.4, 0.5) is 11.4 Å². The van der Waals surface area contributed by atoms with Gasteiger partial charge in [-0.1, -0.05) is 12.0 Å². The van der Waals surface area contributed by atoms with Crippen LogP contribution in [0.1, 0.15) is 6.92 Å².